The van der Waals surface area contributed by atoms with Crippen molar-refractivity contribution in [2.24, 2.45) is 0 Å². The van der Waals surface area contributed by atoms with E-state index in [4.69, 9.17) is 34.8 Å². The van der Waals surface area contributed by atoms with E-state index in [1.165, 1.54) is 0 Å². The van der Waals surface area contributed by atoms with Crippen LogP contribution < -0.4 is 0 Å². The summed E-state index contributed by atoms with van der Waals surface area (Å²) in [6.45, 7) is 1.94. The summed E-state index contributed by atoms with van der Waals surface area (Å²) in [7, 11) is 0. The maximum absolute atomic E-state index is 6.15. The zero-order valence-corrected chi connectivity index (χ0v) is 10.3. The summed E-state index contributed by atoms with van der Waals surface area (Å²) >= 11 is 17.9. The monoisotopic (exact) mass is 250 g/mol. The van der Waals surface area contributed by atoms with Gasteiger partial charge in [-0.15, -0.1) is 23.2 Å². The van der Waals surface area contributed by atoms with Crippen molar-refractivity contribution in [2.75, 3.05) is 5.88 Å². The zero-order chi connectivity index (χ0) is 10.6. The van der Waals surface area contributed by atoms with Crippen LogP contribution in [0.25, 0.3) is 0 Å². The van der Waals surface area contributed by atoms with Gasteiger partial charge in [0.15, 0.2) is 0 Å². The fourth-order valence-corrected chi connectivity index (χ4v) is 1.62. The first-order chi connectivity index (χ1) is 6.55. The van der Waals surface area contributed by atoms with Crippen LogP contribution in [0.15, 0.2) is 24.3 Å². The lowest BCUT2D eigenvalue weighted by molar-refractivity contribution is 0.633. The standard InChI is InChI=1S/C11H13Cl3/c1-11(14,8-12)7-6-9-4-2-3-5-10(9)13/h2-5H,6-8H2,1H3. The Hall–Kier alpha value is 0.0900. The SMILES string of the molecule is CC(Cl)(CCl)CCc1ccccc1Cl. The van der Waals surface area contributed by atoms with E-state index < -0.39 is 0 Å². The Labute approximate surface area is 100 Å². The molecule has 0 saturated heterocycles. The third kappa shape index (κ3) is 3.68. The van der Waals surface area contributed by atoms with Gasteiger partial charge in [0.25, 0.3) is 0 Å². The van der Waals surface area contributed by atoms with Crippen LogP contribution in [-0.4, -0.2) is 10.8 Å². The first-order valence-corrected chi connectivity index (χ1v) is 5.82. The molecular weight excluding hydrogens is 238 g/mol. The number of aryl methyl sites for hydroxylation is 1. The number of benzene rings is 1. The van der Waals surface area contributed by atoms with Gasteiger partial charge in [0.05, 0.1) is 4.87 Å². The molecule has 1 aromatic rings. The van der Waals surface area contributed by atoms with Gasteiger partial charge >= 0.3 is 0 Å². The molecule has 0 spiro atoms. The maximum atomic E-state index is 6.15. The smallest absolute Gasteiger partial charge is 0.0556 e. The third-order valence-electron chi connectivity index (χ3n) is 2.15. The normalized spacial score (nSPS) is 15.1. The van der Waals surface area contributed by atoms with Gasteiger partial charge in [0.2, 0.25) is 0 Å². The molecule has 0 aliphatic rings. The van der Waals surface area contributed by atoms with Gasteiger partial charge in [0, 0.05) is 10.9 Å². The predicted molar refractivity (Wildman–Crippen MR) is 64.8 cm³/mol. The molecule has 14 heavy (non-hydrogen) atoms. The van der Waals surface area contributed by atoms with Gasteiger partial charge < -0.3 is 0 Å². The quantitative estimate of drug-likeness (QED) is 0.691. The van der Waals surface area contributed by atoms with Crippen LogP contribution in [0, 0.1) is 0 Å². The molecule has 3 heteroatoms. The highest BCUT2D eigenvalue weighted by Gasteiger charge is 2.19. The van der Waals surface area contributed by atoms with Crippen molar-refractivity contribution < 1.29 is 0 Å². The van der Waals surface area contributed by atoms with Crippen LogP contribution in [-0.2, 0) is 6.42 Å². The highest BCUT2D eigenvalue weighted by molar-refractivity contribution is 6.31. The molecule has 0 aliphatic heterocycles. The van der Waals surface area contributed by atoms with Gasteiger partial charge in [-0.25, -0.2) is 0 Å². The van der Waals surface area contributed by atoms with Crippen molar-refractivity contribution in [3.63, 3.8) is 0 Å². The second-order valence-corrected chi connectivity index (χ2v) is 5.23. The van der Waals surface area contributed by atoms with Gasteiger partial charge in [-0.2, -0.15) is 0 Å². The summed E-state index contributed by atoms with van der Waals surface area (Å²) in [5.74, 6) is 0.457. The third-order valence-corrected chi connectivity index (χ3v) is 3.57. The summed E-state index contributed by atoms with van der Waals surface area (Å²) in [6, 6.07) is 7.81. The Bertz CT molecular complexity index is 294. The van der Waals surface area contributed by atoms with Gasteiger partial charge in [-0.05, 0) is 31.4 Å². The maximum Gasteiger partial charge on any atom is 0.0556 e. The van der Waals surface area contributed by atoms with Crippen molar-refractivity contribution in [1.82, 2.24) is 0 Å². The average molecular weight is 252 g/mol. The number of alkyl halides is 2. The molecule has 0 aliphatic carbocycles. The molecule has 0 aromatic heterocycles. The van der Waals surface area contributed by atoms with E-state index in [9.17, 15) is 0 Å². The van der Waals surface area contributed by atoms with Crippen molar-refractivity contribution in [3.05, 3.63) is 34.9 Å². The van der Waals surface area contributed by atoms with E-state index in [1.54, 1.807) is 0 Å². The van der Waals surface area contributed by atoms with E-state index in [-0.39, 0.29) is 4.87 Å². The Kier molecular flexibility index (Phi) is 4.56. The van der Waals surface area contributed by atoms with E-state index in [0.717, 1.165) is 23.4 Å². The number of hydrogen-bond acceptors (Lipinski definition) is 0. The molecule has 0 saturated carbocycles. The second-order valence-electron chi connectivity index (χ2n) is 3.64. The minimum Gasteiger partial charge on any atom is -0.125 e. The lowest BCUT2D eigenvalue weighted by atomic mass is 10.0. The van der Waals surface area contributed by atoms with Crippen LogP contribution in [0.1, 0.15) is 18.9 Å². The second kappa shape index (κ2) is 5.25. The van der Waals surface area contributed by atoms with Crippen molar-refractivity contribution >= 4 is 34.8 Å². The molecule has 1 unspecified atom stereocenters. The van der Waals surface area contributed by atoms with Crippen LogP contribution in [0.5, 0.6) is 0 Å². The lowest BCUT2D eigenvalue weighted by Gasteiger charge is -2.18. The first-order valence-electron chi connectivity index (χ1n) is 4.53. The number of halogens is 3. The molecule has 0 amide bonds. The summed E-state index contributed by atoms with van der Waals surface area (Å²) in [5.41, 5.74) is 1.13. The summed E-state index contributed by atoms with van der Waals surface area (Å²) in [4.78, 5) is -0.333. The molecule has 0 N–H and O–H groups in total. The Morgan fingerprint density at radius 3 is 2.50 bits per heavy atom. The van der Waals surface area contributed by atoms with Gasteiger partial charge in [-0.3, -0.25) is 0 Å². The fraction of sp³-hybridized carbons (Fsp3) is 0.455. The van der Waals surface area contributed by atoms with E-state index in [0.29, 0.717) is 5.88 Å². The Morgan fingerprint density at radius 1 is 1.29 bits per heavy atom. The van der Waals surface area contributed by atoms with E-state index in [1.807, 2.05) is 31.2 Å². The minimum atomic E-state index is -0.333. The van der Waals surface area contributed by atoms with Crippen molar-refractivity contribution in [1.29, 1.82) is 0 Å². The Morgan fingerprint density at radius 2 is 1.93 bits per heavy atom. The summed E-state index contributed by atoms with van der Waals surface area (Å²) in [6.07, 6.45) is 1.70. The highest BCUT2D eigenvalue weighted by Crippen LogP contribution is 2.25. The fourth-order valence-electron chi connectivity index (χ4n) is 1.16. The molecule has 0 radical (unpaired) electrons. The highest BCUT2D eigenvalue weighted by atomic mass is 35.5. The molecule has 1 rings (SSSR count). The van der Waals surface area contributed by atoms with Crippen LogP contribution >= 0.6 is 34.8 Å². The van der Waals surface area contributed by atoms with Crippen LogP contribution in [0.3, 0.4) is 0 Å². The largest absolute Gasteiger partial charge is 0.125 e. The van der Waals surface area contributed by atoms with Crippen molar-refractivity contribution in [3.8, 4) is 0 Å². The van der Waals surface area contributed by atoms with Gasteiger partial charge in [-0.1, -0.05) is 29.8 Å². The number of rotatable bonds is 4. The molecule has 0 bridgehead atoms. The summed E-state index contributed by atoms with van der Waals surface area (Å²) < 4.78 is 0. The molecule has 1 atom stereocenters. The van der Waals surface area contributed by atoms with Crippen molar-refractivity contribution in [2.45, 2.75) is 24.6 Å². The molecule has 0 fully saturated rings. The molecule has 1 aromatic carbocycles. The van der Waals surface area contributed by atoms with E-state index >= 15 is 0 Å². The minimum absolute atomic E-state index is 0.333. The molecule has 78 valence electrons. The topological polar surface area (TPSA) is 0 Å². The van der Waals surface area contributed by atoms with Crippen LogP contribution in [0.2, 0.25) is 5.02 Å². The van der Waals surface area contributed by atoms with Gasteiger partial charge in [0.1, 0.15) is 0 Å². The number of hydrogen-bond donors (Lipinski definition) is 0. The Balaban J connectivity index is 2.58. The molecular formula is C11H13Cl3. The first kappa shape index (κ1) is 12.2. The average Bonchev–Trinajstić information content (AvgIpc) is 2.17. The van der Waals surface area contributed by atoms with E-state index in [2.05, 4.69) is 0 Å². The molecule has 0 heterocycles. The lowest BCUT2D eigenvalue weighted by Crippen LogP contribution is -2.19. The van der Waals surface area contributed by atoms with Crippen LogP contribution in [0.4, 0.5) is 0 Å². The summed E-state index contributed by atoms with van der Waals surface area (Å²) in [5, 5.41) is 0.800. The predicted octanol–water partition coefficient (Wildman–Crippen LogP) is 4.51. The molecule has 0 nitrogen and oxygen atoms in total. The zero-order valence-electron chi connectivity index (χ0n) is 8.06.